The average molecular weight is 356 g/mol. The van der Waals surface area contributed by atoms with Gasteiger partial charge in [-0.25, -0.2) is 0 Å². The molecule has 0 bridgehead atoms. The molecule has 0 atom stereocenters. The summed E-state index contributed by atoms with van der Waals surface area (Å²) >= 11 is 0. The quantitative estimate of drug-likeness (QED) is 0.640. The third kappa shape index (κ3) is 6.47. The van der Waals surface area contributed by atoms with Gasteiger partial charge in [-0.05, 0) is 48.4 Å². The van der Waals surface area contributed by atoms with E-state index in [0.29, 0.717) is 24.5 Å². The van der Waals surface area contributed by atoms with Crippen LogP contribution >= 0.6 is 0 Å². The van der Waals surface area contributed by atoms with E-state index in [9.17, 15) is 9.59 Å². The number of primary amides is 1. The van der Waals surface area contributed by atoms with E-state index < -0.39 is 5.91 Å². The number of nitrogens with two attached hydrogens (primary N) is 1. The van der Waals surface area contributed by atoms with Crippen molar-refractivity contribution in [3.8, 4) is 11.5 Å². The van der Waals surface area contributed by atoms with Crippen molar-refractivity contribution in [2.45, 2.75) is 26.3 Å². The number of carbonyl (C=O) groups excluding carboxylic acids is 2. The number of rotatable bonds is 10. The van der Waals surface area contributed by atoms with Gasteiger partial charge in [-0.1, -0.05) is 25.5 Å². The van der Waals surface area contributed by atoms with Gasteiger partial charge in [0.2, 0.25) is 5.91 Å². The van der Waals surface area contributed by atoms with Crippen molar-refractivity contribution in [1.29, 1.82) is 0 Å². The van der Waals surface area contributed by atoms with Crippen molar-refractivity contribution in [3.63, 3.8) is 0 Å². The Morgan fingerprint density at radius 1 is 1.04 bits per heavy atom. The molecule has 0 aromatic heterocycles. The maximum Gasteiger partial charge on any atom is 0.258 e. The van der Waals surface area contributed by atoms with Crippen LogP contribution in [0.1, 0.15) is 35.7 Å². The highest BCUT2D eigenvalue weighted by Crippen LogP contribution is 2.14. The molecule has 3 N–H and O–H groups in total. The van der Waals surface area contributed by atoms with Crippen LogP contribution in [0, 0.1) is 0 Å². The molecule has 0 fully saturated rings. The maximum absolute atomic E-state index is 11.9. The molecule has 6 nitrogen and oxygen atoms in total. The lowest BCUT2D eigenvalue weighted by Crippen LogP contribution is -2.28. The van der Waals surface area contributed by atoms with Crippen LogP contribution in [0.25, 0.3) is 0 Å². The van der Waals surface area contributed by atoms with Crippen LogP contribution in [0.3, 0.4) is 0 Å². The van der Waals surface area contributed by atoms with Gasteiger partial charge in [0.1, 0.15) is 11.5 Å². The predicted molar refractivity (Wildman–Crippen MR) is 99.1 cm³/mol. The highest BCUT2D eigenvalue weighted by molar-refractivity contribution is 5.92. The Morgan fingerprint density at radius 3 is 2.50 bits per heavy atom. The summed E-state index contributed by atoms with van der Waals surface area (Å²) in [5, 5.41) is 2.80. The third-order valence-electron chi connectivity index (χ3n) is 3.66. The summed E-state index contributed by atoms with van der Waals surface area (Å²) < 4.78 is 11.0. The minimum Gasteiger partial charge on any atom is -0.494 e. The Bertz CT molecular complexity index is 729. The van der Waals surface area contributed by atoms with Crippen LogP contribution in [-0.2, 0) is 11.3 Å². The Morgan fingerprint density at radius 2 is 1.81 bits per heavy atom. The van der Waals surface area contributed by atoms with Crippen molar-refractivity contribution in [2.24, 2.45) is 5.73 Å². The first-order valence-electron chi connectivity index (χ1n) is 8.59. The topological polar surface area (TPSA) is 90.7 Å². The first-order chi connectivity index (χ1) is 12.6. The summed E-state index contributed by atoms with van der Waals surface area (Å²) in [6, 6.07) is 14.0. The van der Waals surface area contributed by atoms with Gasteiger partial charge in [0, 0.05) is 12.1 Å². The van der Waals surface area contributed by atoms with E-state index in [2.05, 4.69) is 12.2 Å². The fourth-order valence-electron chi connectivity index (χ4n) is 2.20. The number of unbranched alkanes of at least 4 members (excludes halogenated alkanes) is 1. The molecule has 6 heteroatoms. The second-order valence-electron chi connectivity index (χ2n) is 5.80. The summed E-state index contributed by atoms with van der Waals surface area (Å²) in [5.74, 6) is 0.559. The molecule has 0 unspecified atom stereocenters. The number of ether oxygens (including phenoxy) is 2. The standard InChI is InChI=1S/C20H24N2O4/c1-2-3-11-25-18-6-4-5-15(12-18)13-22-19(23)14-26-17-9-7-16(8-10-17)20(21)24/h4-10,12H,2-3,11,13-14H2,1H3,(H2,21,24)(H,22,23). The van der Waals surface area contributed by atoms with Crippen molar-refractivity contribution in [2.75, 3.05) is 13.2 Å². The summed E-state index contributed by atoms with van der Waals surface area (Å²) in [6.45, 7) is 3.09. The van der Waals surface area contributed by atoms with Crippen LogP contribution in [0.5, 0.6) is 11.5 Å². The smallest absolute Gasteiger partial charge is 0.258 e. The maximum atomic E-state index is 11.9. The number of carbonyl (C=O) groups is 2. The molecule has 2 aromatic carbocycles. The van der Waals surface area contributed by atoms with Crippen LogP contribution in [-0.4, -0.2) is 25.0 Å². The predicted octanol–water partition coefficient (Wildman–Crippen LogP) is 2.66. The average Bonchev–Trinajstić information content (AvgIpc) is 2.65. The molecular weight excluding hydrogens is 332 g/mol. The van der Waals surface area contributed by atoms with Gasteiger partial charge >= 0.3 is 0 Å². The first kappa shape index (κ1) is 19.3. The molecule has 2 rings (SSSR count). The van der Waals surface area contributed by atoms with Crippen LogP contribution in [0.2, 0.25) is 0 Å². The fourth-order valence-corrected chi connectivity index (χ4v) is 2.20. The summed E-state index contributed by atoms with van der Waals surface area (Å²) in [6.07, 6.45) is 2.10. The third-order valence-corrected chi connectivity index (χ3v) is 3.66. The molecule has 2 aromatic rings. The SMILES string of the molecule is CCCCOc1cccc(CNC(=O)COc2ccc(C(N)=O)cc2)c1. The summed E-state index contributed by atoms with van der Waals surface area (Å²) in [7, 11) is 0. The number of hydrogen-bond donors (Lipinski definition) is 2. The van der Waals surface area contributed by atoms with E-state index in [4.69, 9.17) is 15.2 Å². The molecule has 138 valence electrons. The second-order valence-corrected chi connectivity index (χ2v) is 5.80. The van der Waals surface area contributed by atoms with E-state index >= 15 is 0 Å². The second kappa shape index (κ2) is 10.1. The molecule has 0 aliphatic heterocycles. The van der Waals surface area contributed by atoms with Crippen molar-refractivity contribution in [3.05, 3.63) is 59.7 Å². The van der Waals surface area contributed by atoms with Gasteiger partial charge in [-0.3, -0.25) is 9.59 Å². The molecule has 0 aliphatic rings. The van der Waals surface area contributed by atoms with Gasteiger partial charge in [-0.15, -0.1) is 0 Å². The minimum atomic E-state index is -0.504. The zero-order chi connectivity index (χ0) is 18.8. The molecule has 0 heterocycles. The van der Waals surface area contributed by atoms with Gasteiger partial charge in [0.15, 0.2) is 6.61 Å². The lowest BCUT2D eigenvalue weighted by molar-refractivity contribution is -0.123. The summed E-state index contributed by atoms with van der Waals surface area (Å²) in [4.78, 5) is 22.9. The molecular formula is C20H24N2O4. The van der Waals surface area contributed by atoms with Crippen molar-refractivity contribution < 1.29 is 19.1 Å². The summed E-state index contributed by atoms with van der Waals surface area (Å²) in [5.41, 5.74) is 6.52. The minimum absolute atomic E-state index is 0.109. The molecule has 26 heavy (non-hydrogen) atoms. The van der Waals surface area contributed by atoms with Gasteiger partial charge in [-0.2, -0.15) is 0 Å². The molecule has 0 saturated carbocycles. The lowest BCUT2D eigenvalue weighted by Gasteiger charge is -2.10. The van der Waals surface area contributed by atoms with E-state index in [1.165, 1.54) is 0 Å². The van der Waals surface area contributed by atoms with E-state index in [1.807, 2.05) is 24.3 Å². The van der Waals surface area contributed by atoms with Gasteiger partial charge in [0.25, 0.3) is 5.91 Å². The van der Waals surface area contributed by atoms with Crippen molar-refractivity contribution in [1.82, 2.24) is 5.32 Å². The van der Waals surface area contributed by atoms with Gasteiger partial charge < -0.3 is 20.5 Å². The number of nitrogens with one attached hydrogen (secondary N) is 1. The first-order valence-corrected chi connectivity index (χ1v) is 8.59. The molecule has 0 radical (unpaired) electrons. The van der Waals surface area contributed by atoms with E-state index in [1.54, 1.807) is 24.3 Å². The van der Waals surface area contributed by atoms with Gasteiger partial charge in [0.05, 0.1) is 6.61 Å². The number of amides is 2. The van der Waals surface area contributed by atoms with Crippen molar-refractivity contribution >= 4 is 11.8 Å². The Hall–Kier alpha value is -3.02. The normalized spacial score (nSPS) is 10.2. The lowest BCUT2D eigenvalue weighted by atomic mass is 10.2. The zero-order valence-corrected chi connectivity index (χ0v) is 14.9. The monoisotopic (exact) mass is 356 g/mol. The molecule has 2 amide bonds. The molecule has 0 spiro atoms. The van der Waals surface area contributed by atoms with Crippen LogP contribution in [0.15, 0.2) is 48.5 Å². The van der Waals surface area contributed by atoms with Crippen LogP contribution in [0.4, 0.5) is 0 Å². The fraction of sp³-hybridized carbons (Fsp3) is 0.300. The largest absolute Gasteiger partial charge is 0.494 e. The molecule has 0 aliphatic carbocycles. The number of benzene rings is 2. The number of hydrogen-bond acceptors (Lipinski definition) is 4. The molecule has 0 saturated heterocycles. The van der Waals surface area contributed by atoms with Crippen LogP contribution < -0.4 is 20.5 Å². The Labute approximate surface area is 153 Å². The van der Waals surface area contributed by atoms with E-state index in [0.717, 1.165) is 24.2 Å². The van der Waals surface area contributed by atoms with E-state index in [-0.39, 0.29) is 12.5 Å². The Balaban J connectivity index is 1.76. The zero-order valence-electron chi connectivity index (χ0n) is 14.9. The highest BCUT2D eigenvalue weighted by atomic mass is 16.5. The Kier molecular flexibility index (Phi) is 7.49. The highest BCUT2D eigenvalue weighted by Gasteiger charge is 2.05.